The van der Waals surface area contributed by atoms with Crippen molar-refractivity contribution >= 4 is 12.1 Å². The van der Waals surface area contributed by atoms with E-state index in [-0.39, 0.29) is 18.1 Å². The van der Waals surface area contributed by atoms with Gasteiger partial charge in [0.1, 0.15) is 12.4 Å². The highest BCUT2D eigenvalue weighted by Crippen LogP contribution is 2.13. The summed E-state index contributed by atoms with van der Waals surface area (Å²) in [4.78, 5) is 22.4. The van der Waals surface area contributed by atoms with E-state index < -0.39 is 6.09 Å². The van der Waals surface area contributed by atoms with Crippen LogP contribution in [-0.4, -0.2) is 43.9 Å². The van der Waals surface area contributed by atoms with Gasteiger partial charge in [0, 0.05) is 25.6 Å². The van der Waals surface area contributed by atoms with Crippen LogP contribution in [0.2, 0.25) is 0 Å². The highest BCUT2D eigenvalue weighted by molar-refractivity contribution is 5.70. The Labute approximate surface area is 149 Å². The Bertz CT molecular complexity index is 537. The molecule has 0 saturated heterocycles. The first kappa shape index (κ1) is 20.9. The van der Waals surface area contributed by atoms with E-state index in [4.69, 9.17) is 14.2 Å². The van der Waals surface area contributed by atoms with Gasteiger partial charge in [-0.2, -0.15) is 0 Å². The quantitative estimate of drug-likeness (QED) is 0.524. The second kappa shape index (κ2) is 10.7. The molecule has 0 fully saturated rings. The van der Waals surface area contributed by atoms with Crippen molar-refractivity contribution in [3.05, 3.63) is 29.8 Å². The zero-order valence-corrected chi connectivity index (χ0v) is 15.4. The van der Waals surface area contributed by atoms with Crippen molar-refractivity contribution in [3.63, 3.8) is 0 Å². The Morgan fingerprint density at radius 2 is 1.68 bits per heavy atom. The van der Waals surface area contributed by atoms with Crippen LogP contribution in [0.3, 0.4) is 0 Å². The Kier molecular flexibility index (Phi) is 8.94. The van der Waals surface area contributed by atoms with Crippen LogP contribution in [0.1, 0.15) is 33.3 Å². The van der Waals surface area contributed by atoms with Gasteiger partial charge in [0.05, 0.1) is 13.2 Å². The number of amides is 1. The van der Waals surface area contributed by atoms with Crippen molar-refractivity contribution < 1.29 is 23.8 Å². The van der Waals surface area contributed by atoms with Crippen LogP contribution < -0.4 is 15.4 Å². The molecule has 1 rings (SSSR count). The lowest BCUT2D eigenvalue weighted by Crippen LogP contribution is -2.38. The van der Waals surface area contributed by atoms with Crippen molar-refractivity contribution in [1.29, 1.82) is 0 Å². The van der Waals surface area contributed by atoms with Gasteiger partial charge in [-0.15, -0.1) is 0 Å². The van der Waals surface area contributed by atoms with Crippen LogP contribution in [0.25, 0.3) is 0 Å². The van der Waals surface area contributed by atoms with E-state index in [1.54, 1.807) is 24.3 Å². The number of ether oxygens (including phenoxy) is 3. The summed E-state index contributed by atoms with van der Waals surface area (Å²) in [5, 5.41) is 5.93. The van der Waals surface area contributed by atoms with Crippen LogP contribution in [-0.2, 0) is 20.9 Å². The zero-order chi connectivity index (χ0) is 18.7. The summed E-state index contributed by atoms with van der Waals surface area (Å²) >= 11 is 0. The predicted octanol–water partition coefficient (Wildman–Crippen LogP) is 2.24. The van der Waals surface area contributed by atoms with Crippen molar-refractivity contribution in [1.82, 2.24) is 10.6 Å². The topological polar surface area (TPSA) is 85.9 Å². The molecular weight excluding hydrogens is 324 g/mol. The third-order valence-corrected chi connectivity index (χ3v) is 2.99. The van der Waals surface area contributed by atoms with Gasteiger partial charge >= 0.3 is 12.1 Å². The number of hydrogen-bond donors (Lipinski definition) is 2. The molecule has 7 heteroatoms. The molecule has 0 atom stereocenters. The van der Waals surface area contributed by atoms with Crippen molar-refractivity contribution in [3.8, 4) is 5.75 Å². The zero-order valence-electron chi connectivity index (χ0n) is 15.4. The van der Waals surface area contributed by atoms with Gasteiger partial charge in [0.2, 0.25) is 0 Å². The maximum atomic E-state index is 11.7. The first-order valence-electron chi connectivity index (χ1n) is 8.27. The third kappa shape index (κ3) is 11.1. The number of rotatable bonds is 9. The summed E-state index contributed by atoms with van der Waals surface area (Å²) in [6.45, 7) is 9.96. The van der Waals surface area contributed by atoms with E-state index in [0.717, 1.165) is 12.1 Å². The van der Waals surface area contributed by atoms with E-state index in [1.807, 2.05) is 0 Å². The average Bonchev–Trinajstić information content (AvgIpc) is 2.52. The summed E-state index contributed by atoms with van der Waals surface area (Å²) < 4.78 is 15.4. The molecule has 0 aliphatic heterocycles. The standard InChI is InChI=1S/C18H28N2O5/c1-14(21)24-13-15-5-7-16(8-6-15)25-17(22)19-9-11-23-12-10-20-18(2,3)4/h5-8,20H,9-13H2,1-4H3,(H,19,22). The Morgan fingerprint density at radius 3 is 2.28 bits per heavy atom. The molecule has 1 amide bonds. The summed E-state index contributed by atoms with van der Waals surface area (Å²) in [6, 6.07) is 6.76. The lowest BCUT2D eigenvalue weighted by Gasteiger charge is -2.20. The second-order valence-electron chi connectivity index (χ2n) is 6.53. The Balaban J connectivity index is 2.14. The molecular formula is C18H28N2O5. The summed E-state index contributed by atoms with van der Waals surface area (Å²) in [5.74, 6) is 0.0791. The van der Waals surface area contributed by atoms with Gasteiger partial charge in [-0.3, -0.25) is 4.79 Å². The molecule has 0 aliphatic rings. The number of nitrogens with one attached hydrogen (secondary N) is 2. The van der Waals surface area contributed by atoms with Crippen LogP contribution in [0.15, 0.2) is 24.3 Å². The fraction of sp³-hybridized carbons (Fsp3) is 0.556. The van der Waals surface area contributed by atoms with E-state index in [0.29, 0.717) is 25.5 Å². The minimum Gasteiger partial charge on any atom is -0.461 e. The summed E-state index contributed by atoms with van der Waals surface area (Å²) in [7, 11) is 0. The number of hydrogen-bond acceptors (Lipinski definition) is 6. The summed E-state index contributed by atoms with van der Waals surface area (Å²) in [6.07, 6.45) is -0.538. The van der Waals surface area contributed by atoms with Gasteiger partial charge in [-0.25, -0.2) is 4.79 Å². The van der Waals surface area contributed by atoms with Crippen LogP contribution in [0, 0.1) is 0 Å². The minimum absolute atomic E-state index is 0.0686. The third-order valence-electron chi connectivity index (χ3n) is 2.99. The smallest absolute Gasteiger partial charge is 0.412 e. The van der Waals surface area contributed by atoms with Crippen molar-refractivity contribution in [2.75, 3.05) is 26.3 Å². The van der Waals surface area contributed by atoms with Gasteiger partial charge in [0.15, 0.2) is 0 Å². The molecule has 0 heterocycles. The highest BCUT2D eigenvalue weighted by atomic mass is 16.6. The predicted molar refractivity (Wildman–Crippen MR) is 94.5 cm³/mol. The van der Waals surface area contributed by atoms with Gasteiger partial charge in [-0.05, 0) is 38.5 Å². The Morgan fingerprint density at radius 1 is 1.04 bits per heavy atom. The SMILES string of the molecule is CC(=O)OCc1ccc(OC(=O)NCCOCCNC(C)(C)C)cc1. The lowest BCUT2D eigenvalue weighted by molar-refractivity contribution is -0.142. The highest BCUT2D eigenvalue weighted by Gasteiger charge is 2.07. The number of carbonyl (C=O) groups is 2. The molecule has 7 nitrogen and oxygen atoms in total. The molecule has 0 aromatic heterocycles. The van der Waals surface area contributed by atoms with Gasteiger partial charge < -0.3 is 24.8 Å². The fourth-order valence-electron chi connectivity index (χ4n) is 1.81. The second-order valence-corrected chi connectivity index (χ2v) is 6.53. The summed E-state index contributed by atoms with van der Waals surface area (Å²) in [5.41, 5.74) is 0.888. The van der Waals surface area contributed by atoms with Crippen LogP contribution in [0.5, 0.6) is 5.75 Å². The molecule has 0 aliphatic carbocycles. The molecule has 2 N–H and O–H groups in total. The average molecular weight is 352 g/mol. The number of esters is 1. The molecule has 25 heavy (non-hydrogen) atoms. The molecule has 0 spiro atoms. The number of benzene rings is 1. The first-order chi connectivity index (χ1) is 11.8. The van der Waals surface area contributed by atoms with Gasteiger partial charge in [-0.1, -0.05) is 12.1 Å². The fourth-order valence-corrected chi connectivity index (χ4v) is 1.81. The van der Waals surface area contributed by atoms with E-state index in [9.17, 15) is 9.59 Å². The van der Waals surface area contributed by atoms with Crippen LogP contribution >= 0.6 is 0 Å². The molecule has 1 aromatic rings. The Hall–Kier alpha value is -2.12. The molecule has 0 saturated carbocycles. The van der Waals surface area contributed by atoms with E-state index >= 15 is 0 Å². The van der Waals surface area contributed by atoms with Crippen LogP contribution in [0.4, 0.5) is 4.79 Å². The molecule has 0 radical (unpaired) electrons. The van der Waals surface area contributed by atoms with E-state index in [1.165, 1.54) is 6.92 Å². The maximum absolute atomic E-state index is 11.7. The monoisotopic (exact) mass is 352 g/mol. The molecule has 140 valence electrons. The normalized spacial score (nSPS) is 11.0. The minimum atomic E-state index is -0.538. The largest absolute Gasteiger partial charge is 0.461 e. The number of carbonyl (C=O) groups excluding carboxylic acids is 2. The molecule has 0 unspecified atom stereocenters. The van der Waals surface area contributed by atoms with E-state index in [2.05, 4.69) is 31.4 Å². The molecule has 1 aromatic carbocycles. The van der Waals surface area contributed by atoms with Crippen molar-refractivity contribution in [2.45, 2.75) is 39.8 Å². The maximum Gasteiger partial charge on any atom is 0.412 e. The van der Waals surface area contributed by atoms with Gasteiger partial charge in [0.25, 0.3) is 0 Å². The molecule has 0 bridgehead atoms. The first-order valence-corrected chi connectivity index (χ1v) is 8.27. The lowest BCUT2D eigenvalue weighted by atomic mass is 10.1. The van der Waals surface area contributed by atoms with Crippen molar-refractivity contribution in [2.24, 2.45) is 0 Å².